The molecule has 15 N–H and O–H groups in total. The molecule has 0 radical (unpaired) electrons. The summed E-state index contributed by atoms with van der Waals surface area (Å²) in [5, 5.41) is 151. The summed E-state index contributed by atoms with van der Waals surface area (Å²) in [6.45, 7) is 23.6. The van der Waals surface area contributed by atoms with Crippen molar-refractivity contribution in [3.8, 4) is 0 Å². The molecule has 4 saturated carbocycles. The van der Waals surface area contributed by atoms with Crippen molar-refractivity contribution in [3.63, 3.8) is 0 Å². The normalized spacial score (nSPS) is 46.4. The van der Waals surface area contributed by atoms with Crippen molar-refractivity contribution in [2.75, 3.05) is 19.8 Å². The molecular weight excluding hydrogens is 1290 g/mol. The zero-order valence-electron chi connectivity index (χ0n) is 60.4. The highest BCUT2D eigenvalue weighted by Crippen LogP contribution is 2.73. The number of aliphatic hydroxyl groups is 13. The number of allylic oxidation sites excluding steroid dienone is 2. The van der Waals surface area contributed by atoms with Gasteiger partial charge in [-0.05, 0) is 123 Å². The Labute approximate surface area is 583 Å². The van der Waals surface area contributed by atoms with Crippen LogP contribution in [0.4, 0.5) is 0 Å². The number of amides is 2. The van der Waals surface area contributed by atoms with Gasteiger partial charge in [0.2, 0.25) is 18.1 Å². The van der Waals surface area contributed by atoms with E-state index in [0.29, 0.717) is 51.4 Å². The third-order valence-corrected chi connectivity index (χ3v) is 26.1. The lowest BCUT2D eigenvalue weighted by atomic mass is 9.35. The summed E-state index contributed by atoms with van der Waals surface area (Å²) in [6, 6.07) is -2.27. The maximum Gasteiger partial charge on any atom is 0.317 e. The topological polar surface area (TPSA) is 429 Å². The first-order chi connectivity index (χ1) is 46.5. The molecule has 4 heterocycles. The molecule has 0 spiro atoms. The number of hydrogen-bond acceptors (Lipinski definition) is 25. The minimum Gasteiger partial charge on any atom is -0.432 e. The molecule has 27 heteroatoms. The van der Waals surface area contributed by atoms with Gasteiger partial charge in [-0.1, -0.05) is 107 Å². The minimum absolute atomic E-state index is 0.0335. The van der Waals surface area contributed by atoms with E-state index in [-0.39, 0.29) is 73.7 Å². The molecule has 27 nitrogen and oxygen atoms in total. The lowest BCUT2D eigenvalue weighted by Crippen LogP contribution is -2.68. The lowest BCUT2D eigenvalue weighted by Gasteiger charge is -2.69. The lowest BCUT2D eigenvalue weighted by molar-refractivity contribution is -0.362. The SMILES string of the molecule is C/C=C1\C2C[C@H](C)CCC2(C(=O)O[C@@H]2O[C@H](CO)C(NC(=O)C[C@@H](O)C[C@H](NC(=O)C[C@@H](O)C[C@H](O[C@@H]3O[C@@H](CO)C(O)C3O)[C@@H](C)CC)[C@@H](C)CC)C(O)C2O[C@@H]2O[C@H](C)C(O[C@@H]3OC[C@@H](O)C(O)C3O)C(O)C2C)[C@H](O)C[C@@]1(C)[C@]1(C)CC[C@H]2C(C)(C=O)C(O)CCC2(C)C1CC. The van der Waals surface area contributed by atoms with Crippen LogP contribution in [0.2, 0.25) is 0 Å². The number of hydrogen-bond donors (Lipinski definition) is 15. The Morgan fingerprint density at radius 3 is 1.93 bits per heavy atom. The molecule has 0 aromatic rings. The van der Waals surface area contributed by atoms with Crippen LogP contribution in [0, 0.1) is 68.5 Å². The van der Waals surface area contributed by atoms with Crippen LogP contribution in [-0.4, -0.2) is 251 Å². The van der Waals surface area contributed by atoms with Gasteiger partial charge in [-0.2, -0.15) is 0 Å². The summed E-state index contributed by atoms with van der Waals surface area (Å²) >= 11 is 0. The van der Waals surface area contributed by atoms with E-state index in [1.165, 1.54) is 13.8 Å². The highest BCUT2D eigenvalue weighted by Gasteiger charge is 2.71. The van der Waals surface area contributed by atoms with Crippen molar-refractivity contribution in [3.05, 3.63) is 11.6 Å². The Bertz CT molecular complexity index is 2720. The van der Waals surface area contributed by atoms with Crippen LogP contribution >= 0.6 is 0 Å². The van der Waals surface area contributed by atoms with Crippen LogP contribution in [0.25, 0.3) is 0 Å². The van der Waals surface area contributed by atoms with E-state index in [0.717, 1.165) is 18.3 Å². The molecule has 8 rings (SSSR count). The fourth-order valence-electron chi connectivity index (χ4n) is 19.4. The quantitative estimate of drug-likeness (QED) is 0.0316. The van der Waals surface area contributed by atoms with E-state index >= 15 is 4.79 Å². The smallest absolute Gasteiger partial charge is 0.317 e. The summed E-state index contributed by atoms with van der Waals surface area (Å²) < 4.78 is 49.0. The van der Waals surface area contributed by atoms with Crippen LogP contribution in [0.3, 0.4) is 0 Å². The van der Waals surface area contributed by atoms with Gasteiger partial charge in [0, 0.05) is 18.4 Å². The third-order valence-electron chi connectivity index (χ3n) is 26.1. The number of esters is 1. The zero-order valence-corrected chi connectivity index (χ0v) is 60.4. The molecule has 0 aromatic heterocycles. The van der Waals surface area contributed by atoms with E-state index in [9.17, 15) is 80.8 Å². The summed E-state index contributed by atoms with van der Waals surface area (Å²) in [6.07, 6.45) is -21.6. The number of aldehydes is 1. The largest absolute Gasteiger partial charge is 0.432 e. The number of ether oxygens (including phenoxy) is 8. The van der Waals surface area contributed by atoms with Crippen LogP contribution < -0.4 is 10.6 Å². The van der Waals surface area contributed by atoms with Crippen LogP contribution in [-0.2, 0) is 57.1 Å². The molecule has 4 saturated heterocycles. The number of rotatable bonds is 27. The number of carbonyl (C=O) groups excluding carboxylic acids is 4. The Hall–Kier alpha value is -2.98. The minimum atomic E-state index is -1.91. The molecule has 16 unspecified atom stereocenters. The Kier molecular flexibility index (Phi) is 27.4. The predicted molar refractivity (Wildman–Crippen MR) is 354 cm³/mol. The Morgan fingerprint density at radius 1 is 0.687 bits per heavy atom. The first-order valence-electron chi connectivity index (χ1n) is 36.7. The van der Waals surface area contributed by atoms with E-state index in [1.54, 1.807) is 0 Å². The second-order valence-corrected chi connectivity index (χ2v) is 32.0. The van der Waals surface area contributed by atoms with Crippen molar-refractivity contribution in [2.45, 2.75) is 327 Å². The fraction of sp³-hybridized carbons (Fsp3) is 0.917. The molecule has 0 aromatic carbocycles. The molecule has 570 valence electrons. The summed E-state index contributed by atoms with van der Waals surface area (Å²) in [4.78, 5) is 56.9. The molecule has 99 heavy (non-hydrogen) atoms. The fourth-order valence-corrected chi connectivity index (χ4v) is 19.4. The highest BCUT2D eigenvalue weighted by molar-refractivity contribution is 5.80. The number of fused-ring (bicyclic) bond motifs is 2. The predicted octanol–water partition coefficient (Wildman–Crippen LogP) is 1.68. The van der Waals surface area contributed by atoms with Gasteiger partial charge in [-0.15, -0.1) is 0 Å². The van der Waals surface area contributed by atoms with Gasteiger partial charge in [-0.3, -0.25) is 14.4 Å². The van der Waals surface area contributed by atoms with Gasteiger partial charge >= 0.3 is 5.97 Å². The first kappa shape index (κ1) is 81.7. The van der Waals surface area contributed by atoms with E-state index < -0.39 is 212 Å². The molecule has 0 bridgehead atoms. The van der Waals surface area contributed by atoms with Crippen molar-refractivity contribution < 1.29 is 123 Å². The molecule has 8 fully saturated rings. The monoisotopic (exact) mass is 1410 g/mol. The molecule has 35 atom stereocenters. The first-order valence-corrected chi connectivity index (χ1v) is 36.7. The second kappa shape index (κ2) is 33.2. The van der Waals surface area contributed by atoms with Gasteiger partial charge < -0.3 is 120 Å². The van der Waals surface area contributed by atoms with Gasteiger partial charge in [-0.25, -0.2) is 0 Å². The van der Waals surface area contributed by atoms with Crippen LogP contribution in [0.15, 0.2) is 11.6 Å². The van der Waals surface area contributed by atoms with Crippen molar-refractivity contribution in [1.29, 1.82) is 0 Å². The number of nitrogens with one attached hydrogen (secondary N) is 2. The average Bonchev–Trinajstić information content (AvgIpc) is 0.743. The zero-order chi connectivity index (χ0) is 73.3. The number of carbonyl (C=O) groups is 4. The van der Waals surface area contributed by atoms with Crippen molar-refractivity contribution in [1.82, 2.24) is 10.6 Å². The summed E-state index contributed by atoms with van der Waals surface area (Å²) in [5.41, 5.74) is -3.06. The third kappa shape index (κ3) is 16.0. The molecular formula is C72H122N2O25. The standard InChI is InChI=1S/C72H122N2O25/c1-14-35(6)43(73-52(83)28-40(79)26-45(36(7)15-2)94-65-60(90)57(87)47(31-76)96-65)25-39(78)27-53(84)74-54-46(30-75)95-66(62(58(54)88)98-63-37(8)55(85)61(38(9)93-63)97-64-59(89)56(86)44(80)32-92-64)99-67(91)72-23-18-34(5)24-42(72)41(16-3)71(13,29-51(72)82)70(12)22-19-49-68(10,48(70)17-4)21-20-50(81)69(49,11)33-77/h16,33-40,42-51,54-66,75-76,78-82,85-90H,14-15,17-32H2,1-13H3,(H,73,83)(H,74,84)/b41-16+/t34-,35+,36+,37?,38-,39+,40+,42?,43+,44-,45+,46-,47+,48?,49-,50?,51-,54?,55?,56?,57?,58?,59?,60?,61?,62?,63+,64+,65-,66+,68?,69?,70-,71-,72?/m1/s1. The highest BCUT2D eigenvalue weighted by atomic mass is 16.8. The van der Waals surface area contributed by atoms with Gasteiger partial charge in [0.1, 0.15) is 66.6 Å². The van der Waals surface area contributed by atoms with E-state index in [1.807, 2.05) is 41.5 Å². The Morgan fingerprint density at radius 2 is 1.31 bits per heavy atom. The van der Waals surface area contributed by atoms with E-state index in [2.05, 4.69) is 51.3 Å². The molecule has 2 amide bonds. The summed E-state index contributed by atoms with van der Waals surface area (Å²) in [7, 11) is 0. The molecule has 8 aliphatic rings. The van der Waals surface area contributed by atoms with Crippen molar-refractivity contribution in [2.24, 2.45) is 68.5 Å². The maximum atomic E-state index is 15.9. The van der Waals surface area contributed by atoms with Crippen LogP contribution in [0.1, 0.15) is 186 Å². The average molecular weight is 1420 g/mol. The van der Waals surface area contributed by atoms with Gasteiger partial charge in [0.25, 0.3) is 0 Å². The Balaban J connectivity index is 1.02. The van der Waals surface area contributed by atoms with Gasteiger partial charge in [0.15, 0.2) is 25.0 Å². The molecule has 4 aliphatic heterocycles. The van der Waals surface area contributed by atoms with Crippen LogP contribution in [0.5, 0.6) is 0 Å². The molecule has 4 aliphatic carbocycles. The van der Waals surface area contributed by atoms with Crippen molar-refractivity contribution >= 4 is 24.1 Å². The number of aliphatic hydroxyl groups excluding tert-OH is 13. The maximum absolute atomic E-state index is 15.9. The van der Waals surface area contributed by atoms with Gasteiger partial charge in [0.05, 0.1) is 86.8 Å². The summed E-state index contributed by atoms with van der Waals surface area (Å²) in [5.74, 6) is -4.29. The second-order valence-electron chi connectivity index (χ2n) is 32.0. The van der Waals surface area contributed by atoms with E-state index in [4.69, 9.17) is 37.9 Å².